The molecule has 0 aromatic carbocycles. The van der Waals surface area contributed by atoms with Crippen molar-refractivity contribution in [2.75, 3.05) is 16.8 Å². The molecule has 4 heterocycles. The second-order valence-electron chi connectivity index (χ2n) is 7.50. The van der Waals surface area contributed by atoms with Gasteiger partial charge in [0.2, 0.25) is 0 Å². The summed E-state index contributed by atoms with van der Waals surface area (Å²) in [4.78, 5) is 28.4. The van der Waals surface area contributed by atoms with Gasteiger partial charge in [0.05, 0.1) is 24.1 Å². The average Bonchev–Trinajstić information content (AvgIpc) is 3.13. The Morgan fingerprint density at radius 3 is 2.73 bits per heavy atom. The van der Waals surface area contributed by atoms with E-state index >= 15 is 0 Å². The number of aromatic nitrogens is 6. The molecule has 0 spiro atoms. The van der Waals surface area contributed by atoms with Gasteiger partial charge in [0.1, 0.15) is 11.5 Å². The number of hydrogen-bond donors (Lipinski definition) is 1. The molecule has 10 heteroatoms. The quantitative estimate of drug-likeness (QED) is 0.700. The number of fused-ring (bicyclic) bond motifs is 3. The van der Waals surface area contributed by atoms with E-state index in [0.29, 0.717) is 17.1 Å². The van der Waals surface area contributed by atoms with Crippen LogP contribution in [-0.4, -0.2) is 54.0 Å². The summed E-state index contributed by atoms with van der Waals surface area (Å²) in [6.07, 6.45) is 4.63. The Kier molecular flexibility index (Phi) is 4.84. The molecule has 0 fully saturated rings. The second-order valence-corrected chi connectivity index (χ2v) is 7.50. The van der Waals surface area contributed by atoms with Gasteiger partial charge in [-0.05, 0) is 33.3 Å². The number of aryl methyl sites for hydroxylation is 1. The Morgan fingerprint density at radius 1 is 1.30 bits per heavy atom. The maximum absolute atomic E-state index is 11.5. The molecule has 3 aromatic rings. The zero-order valence-electron chi connectivity index (χ0n) is 17.6. The molecule has 0 aliphatic carbocycles. The van der Waals surface area contributed by atoms with Crippen molar-refractivity contribution in [3.63, 3.8) is 0 Å². The number of carboxylic acid groups (broad SMARTS) is 1. The van der Waals surface area contributed by atoms with Crippen LogP contribution in [0.1, 0.15) is 44.9 Å². The molecule has 1 atom stereocenters. The van der Waals surface area contributed by atoms with Gasteiger partial charge in [0.25, 0.3) is 0 Å². The van der Waals surface area contributed by atoms with E-state index in [1.807, 2.05) is 11.5 Å². The first-order chi connectivity index (χ1) is 14.3. The van der Waals surface area contributed by atoms with Crippen molar-refractivity contribution in [2.45, 2.75) is 46.2 Å². The molecule has 0 bridgehead atoms. The van der Waals surface area contributed by atoms with Crippen LogP contribution < -0.4 is 9.80 Å². The molecule has 0 saturated heterocycles. The number of anilines is 2. The highest BCUT2D eigenvalue weighted by molar-refractivity contribution is 5.91. The fraction of sp³-hybridized carbons (Fsp3) is 0.400. The summed E-state index contributed by atoms with van der Waals surface area (Å²) in [5, 5.41) is 18.1. The van der Waals surface area contributed by atoms with Crippen molar-refractivity contribution in [2.24, 2.45) is 0 Å². The minimum absolute atomic E-state index is 0.0278. The van der Waals surface area contributed by atoms with E-state index in [2.05, 4.69) is 45.8 Å². The lowest BCUT2D eigenvalue weighted by Crippen LogP contribution is -2.40. The van der Waals surface area contributed by atoms with E-state index in [1.165, 1.54) is 13.2 Å². The molecule has 1 aliphatic rings. The van der Waals surface area contributed by atoms with Crippen LogP contribution in [-0.2, 0) is 0 Å². The summed E-state index contributed by atoms with van der Waals surface area (Å²) in [7, 11) is 1.47. The first-order valence-electron chi connectivity index (χ1n) is 9.83. The number of carbonyl (C=O) groups is 1. The van der Waals surface area contributed by atoms with Gasteiger partial charge in [-0.3, -0.25) is 14.5 Å². The molecule has 3 aromatic heterocycles. The molecule has 156 valence electrons. The van der Waals surface area contributed by atoms with E-state index in [-0.39, 0.29) is 12.1 Å². The number of hydrogen-bond acceptors (Lipinski definition) is 7. The zero-order chi connectivity index (χ0) is 21.6. The Morgan fingerprint density at radius 2 is 2.07 bits per heavy atom. The van der Waals surface area contributed by atoms with Crippen molar-refractivity contribution >= 4 is 17.6 Å². The number of nitrogens with zero attached hydrogens (tertiary/aromatic N) is 8. The second kappa shape index (κ2) is 7.36. The predicted octanol–water partition coefficient (Wildman–Crippen LogP) is 3.22. The van der Waals surface area contributed by atoms with Crippen molar-refractivity contribution in [3.8, 4) is 17.1 Å². The van der Waals surface area contributed by atoms with E-state index in [1.54, 1.807) is 18.5 Å². The number of pyridine rings is 1. The number of amides is 1. The lowest BCUT2D eigenvalue weighted by Gasteiger charge is -2.39. The lowest BCUT2D eigenvalue weighted by molar-refractivity contribution is 0.203. The fourth-order valence-corrected chi connectivity index (χ4v) is 3.94. The predicted molar refractivity (Wildman–Crippen MR) is 112 cm³/mol. The molecule has 0 saturated carbocycles. The van der Waals surface area contributed by atoms with Gasteiger partial charge in [-0.15, -0.1) is 10.2 Å². The molecule has 4 rings (SSSR count). The van der Waals surface area contributed by atoms with E-state index < -0.39 is 6.09 Å². The highest BCUT2D eigenvalue weighted by atomic mass is 16.4. The van der Waals surface area contributed by atoms with Crippen molar-refractivity contribution < 1.29 is 9.90 Å². The third-order valence-corrected chi connectivity index (χ3v) is 5.35. The minimum atomic E-state index is -1.08. The van der Waals surface area contributed by atoms with Gasteiger partial charge in [0.15, 0.2) is 17.5 Å². The van der Waals surface area contributed by atoms with Crippen molar-refractivity contribution in [3.05, 3.63) is 36.3 Å². The third kappa shape index (κ3) is 2.95. The minimum Gasteiger partial charge on any atom is -0.465 e. The van der Waals surface area contributed by atoms with Gasteiger partial charge in [-0.2, -0.15) is 0 Å². The van der Waals surface area contributed by atoms with Gasteiger partial charge in [-0.1, -0.05) is 6.92 Å². The van der Waals surface area contributed by atoms with Crippen LogP contribution >= 0.6 is 0 Å². The highest BCUT2D eigenvalue weighted by Gasteiger charge is 2.36. The normalized spacial score (nSPS) is 15.1. The monoisotopic (exact) mass is 408 g/mol. The Labute approximate surface area is 174 Å². The molecular weight excluding hydrogens is 384 g/mol. The van der Waals surface area contributed by atoms with Crippen LogP contribution in [0.2, 0.25) is 0 Å². The van der Waals surface area contributed by atoms with E-state index in [9.17, 15) is 9.90 Å². The smallest absolute Gasteiger partial charge is 0.411 e. The summed E-state index contributed by atoms with van der Waals surface area (Å²) >= 11 is 0. The van der Waals surface area contributed by atoms with E-state index in [0.717, 1.165) is 34.5 Å². The highest BCUT2D eigenvalue weighted by Crippen LogP contribution is 2.41. The Bertz CT molecular complexity index is 1110. The largest absolute Gasteiger partial charge is 0.465 e. The average molecular weight is 408 g/mol. The SMILES string of the molecule is CCC1c2nnc(C)n2-c2cnc(-c3ccncc3N(C)C(=O)O)nc2N1C(C)C. The van der Waals surface area contributed by atoms with Gasteiger partial charge >= 0.3 is 6.09 Å². The molecule has 30 heavy (non-hydrogen) atoms. The van der Waals surface area contributed by atoms with Crippen molar-refractivity contribution in [1.29, 1.82) is 0 Å². The molecule has 1 unspecified atom stereocenters. The summed E-state index contributed by atoms with van der Waals surface area (Å²) in [5.41, 5.74) is 1.84. The van der Waals surface area contributed by atoms with Crippen LogP contribution in [0.15, 0.2) is 24.7 Å². The van der Waals surface area contributed by atoms with Gasteiger partial charge in [0, 0.05) is 24.8 Å². The summed E-state index contributed by atoms with van der Waals surface area (Å²) in [6.45, 7) is 8.26. The summed E-state index contributed by atoms with van der Waals surface area (Å²) < 4.78 is 2.00. The fourth-order valence-electron chi connectivity index (χ4n) is 3.94. The molecule has 1 N–H and O–H groups in total. The zero-order valence-corrected chi connectivity index (χ0v) is 17.6. The molecule has 10 nitrogen and oxygen atoms in total. The van der Waals surface area contributed by atoms with Crippen LogP contribution in [0.3, 0.4) is 0 Å². The topological polar surface area (TPSA) is 113 Å². The molecule has 1 aliphatic heterocycles. The molecule has 1 amide bonds. The van der Waals surface area contributed by atoms with Crippen LogP contribution in [0.5, 0.6) is 0 Å². The van der Waals surface area contributed by atoms with Crippen LogP contribution in [0.25, 0.3) is 17.1 Å². The Balaban J connectivity index is 1.94. The van der Waals surface area contributed by atoms with E-state index in [4.69, 9.17) is 4.98 Å². The standard InChI is InChI=1S/C20H24N8O2/c1-6-14-19-25-24-12(4)28(19)16-10-22-17(23-18(16)27(14)11(2)3)13-7-8-21-9-15(13)26(5)20(29)30/h7-11,14H,6H2,1-5H3,(H,29,30). The van der Waals surface area contributed by atoms with Gasteiger partial charge < -0.3 is 10.0 Å². The maximum atomic E-state index is 11.5. The third-order valence-electron chi connectivity index (χ3n) is 5.35. The number of rotatable bonds is 4. The first-order valence-corrected chi connectivity index (χ1v) is 9.83. The van der Waals surface area contributed by atoms with Gasteiger partial charge in [-0.25, -0.2) is 14.8 Å². The van der Waals surface area contributed by atoms with Crippen LogP contribution in [0.4, 0.5) is 16.3 Å². The lowest BCUT2D eigenvalue weighted by atomic mass is 10.1. The Hall–Kier alpha value is -3.56. The molecular formula is C20H24N8O2. The first kappa shape index (κ1) is 19.7. The van der Waals surface area contributed by atoms with Crippen molar-refractivity contribution in [1.82, 2.24) is 29.7 Å². The summed E-state index contributed by atoms with van der Waals surface area (Å²) in [6, 6.07) is 1.92. The van der Waals surface area contributed by atoms with Crippen LogP contribution in [0, 0.1) is 6.92 Å². The maximum Gasteiger partial charge on any atom is 0.411 e. The molecule has 0 radical (unpaired) electrons. The summed E-state index contributed by atoms with van der Waals surface area (Å²) in [5.74, 6) is 2.87.